The van der Waals surface area contributed by atoms with E-state index in [-0.39, 0.29) is 11.7 Å². The van der Waals surface area contributed by atoms with E-state index in [0.29, 0.717) is 37.0 Å². The average molecular weight is 339 g/mol. The summed E-state index contributed by atoms with van der Waals surface area (Å²) in [6, 6.07) is 8.82. The fraction of sp³-hybridized carbons (Fsp3) is 0.375. The Bertz CT molecular complexity index is 637. The number of carbonyl (C=O) groups is 1. The molecule has 0 spiro atoms. The molecule has 0 aliphatic rings. The van der Waals surface area contributed by atoms with Gasteiger partial charge in [0.05, 0.1) is 13.2 Å². The van der Waals surface area contributed by atoms with Gasteiger partial charge in [0, 0.05) is 44.0 Å². The van der Waals surface area contributed by atoms with Crippen LogP contribution >= 0.6 is 11.6 Å². The molecule has 1 amide bonds. The van der Waals surface area contributed by atoms with Gasteiger partial charge in [-0.3, -0.25) is 4.79 Å². The van der Waals surface area contributed by atoms with Gasteiger partial charge in [0.1, 0.15) is 5.69 Å². The van der Waals surface area contributed by atoms with E-state index in [2.05, 4.69) is 5.16 Å². The summed E-state index contributed by atoms with van der Waals surface area (Å²) in [4.78, 5) is 14.1. The number of ether oxygens (including phenoxy) is 2. The number of nitrogens with zero attached hydrogens (tertiary/aromatic N) is 2. The molecular formula is C16H19ClN2O4. The second-order valence-electron chi connectivity index (χ2n) is 4.86. The number of amides is 1. The van der Waals surface area contributed by atoms with Crippen LogP contribution in [-0.2, 0) is 9.47 Å². The lowest BCUT2D eigenvalue weighted by Crippen LogP contribution is -2.36. The van der Waals surface area contributed by atoms with Gasteiger partial charge in [-0.25, -0.2) is 0 Å². The minimum Gasteiger partial charge on any atom is -0.383 e. The zero-order chi connectivity index (χ0) is 16.7. The summed E-state index contributed by atoms with van der Waals surface area (Å²) in [7, 11) is 3.18. The Labute approximate surface area is 139 Å². The Hall–Kier alpha value is -1.89. The third kappa shape index (κ3) is 4.79. The first-order valence-electron chi connectivity index (χ1n) is 7.15. The summed E-state index contributed by atoms with van der Waals surface area (Å²) in [5, 5.41) is 4.55. The number of halogens is 1. The monoisotopic (exact) mass is 338 g/mol. The number of hydrogen-bond donors (Lipinski definition) is 0. The Kier molecular flexibility index (Phi) is 6.58. The molecule has 0 bridgehead atoms. The Balaban J connectivity index is 2.14. The fourth-order valence-corrected chi connectivity index (χ4v) is 2.22. The van der Waals surface area contributed by atoms with Crippen molar-refractivity contribution in [2.24, 2.45) is 0 Å². The summed E-state index contributed by atoms with van der Waals surface area (Å²) < 4.78 is 15.3. The number of hydrogen-bond acceptors (Lipinski definition) is 5. The topological polar surface area (TPSA) is 64.8 Å². The van der Waals surface area contributed by atoms with Gasteiger partial charge < -0.3 is 18.9 Å². The lowest BCUT2D eigenvalue weighted by atomic mass is 10.1. The molecule has 0 saturated carbocycles. The number of carbonyl (C=O) groups excluding carboxylic acids is 1. The zero-order valence-corrected chi connectivity index (χ0v) is 13.9. The molecule has 1 heterocycles. The first kappa shape index (κ1) is 17.5. The van der Waals surface area contributed by atoms with Gasteiger partial charge in [-0.2, -0.15) is 0 Å². The molecule has 0 unspecified atom stereocenters. The van der Waals surface area contributed by atoms with Crippen LogP contribution in [0.2, 0.25) is 5.02 Å². The van der Waals surface area contributed by atoms with E-state index in [4.69, 9.17) is 25.6 Å². The van der Waals surface area contributed by atoms with Crippen LogP contribution in [0.3, 0.4) is 0 Å². The van der Waals surface area contributed by atoms with Crippen molar-refractivity contribution in [1.29, 1.82) is 0 Å². The van der Waals surface area contributed by atoms with Gasteiger partial charge in [0.2, 0.25) is 5.76 Å². The zero-order valence-electron chi connectivity index (χ0n) is 13.1. The van der Waals surface area contributed by atoms with Gasteiger partial charge in [-0.15, -0.1) is 0 Å². The van der Waals surface area contributed by atoms with Crippen LogP contribution in [0.25, 0.3) is 11.3 Å². The van der Waals surface area contributed by atoms with Gasteiger partial charge in [0.25, 0.3) is 5.91 Å². The van der Waals surface area contributed by atoms with Crippen LogP contribution in [0.4, 0.5) is 0 Å². The fourth-order valence-electron chi connectivity index (χ4n) is 2.03. The maximum Gasteiger partial charge on any atom is 0.292 e. The molecular weight excluding hydrogens is 320 g/mol. The van der Waals surface area contributed by atoms with Crippen molar-refractivity contribution < 1.29 is 18.8 Å². The Morgan fingerprint density at radius 3 is 2.52 bits per heavy atom. The quantitative estimate of drug-likeness (QED) is 0.740. The molecule has 124 valence electrons. The molecule has 0 aliphatic carbocycles. The van der Waals surface area contributed by atoms with Crippen LogP contribution in [0, 0.1) is 0 Å². The van der Waals surface area contributed by atoms with Crippen LogP contribution < -0.4 is 0 Å². The highest BCUT2D eigenvalue weighted by Gasteiger charge is 2.20. The molecule has 0 fully saturated rings. The van der Waals surface area contributed by atoms with E-state index in [0.717, 1.165) is 5.56 Å². The molecule has 0 radical (unpaired) electrons. The summed E-state index contributed by atoms with van der Waals surface area (Å²) >= 11 is 5.97. The van der Waals surface area contributed by atoms with E-state index in [1.807, 2.05) is 12.1 Å². The van der Waals surface area contributed by atoms with Gasteiger partial charge in [0.15, 0.2) is 0 Å². The van der Waals surface area contributed by atoms with Crippen LogP contribution in [0.5, 0.6) is 0 Å². The Morgan fingerprint density at radius 2 is 1.91 bits per heavy atom. The molecule has 0 aliphatic heterocycles. The highest BCUT2D eigenvalue weighted by atomic mass is 35.5. The number of rotatable bonds is 8. The van der Waals surface area contributed by atoms with Crippen LogP contribution in [0.15, 0.2) is 34.9 Å². The predicted molar refractivity (Wildman–Crippen MR) is 86.6 cm³/mol. The molecule has 0 atom stereocenters. The number of benzene rings is 1. The molecule has 23 heavy (non-hydrogen) atoms. The summed E-state index contributed by atoms with van der Waals surface area (Å²) in [5.41, 5.74) is 1.36. The highest BCUT2D eigenvalue weighted by Crippen LogP contribution is 2.22. The normalized spacial score (nSPS) is 10.7. The van der Waals surface area contributed by atoms with Crippen LogP contribution in [0.1, 0.15) is 10.6 Å². The minimum absolute atomic E-state index is 0.173. The van der Waals surface area contributed by atoms with E-state index >= 15 is 0 Å². The molecule has 0 N–H and O–H groups in total. The standard InChI is InChI=1S/C16H19ClN2O4/c1-21-8-6-19(7-9-22-2)16(20)15-11-14(18-23-15)12-4-3-5-13(17)10-12/h3-5,10-11H,6-9H2,1-2H3. The molecule has 1 aromatic carbocycles. The largest absolute Gasteiger partial charge is 0.383 e. The second-order valence-corrected chi connectivity index (χ2v) is 5.30. The number of aromatic nitrogens is 1. The molecule has 6 nitrogen and oxygen atoms in total. The smallest absolute Gasteiger partial charge is 0.292 e. The average Bonchev–Trinajstić information content (AvgIpc) is 3.04. The van der Waals surface area contributed by atoms with E-state index in [1.54, 1.807) is 37.3 Å². The van der Waals surface area contributed by atoms with E-state index < -0.39 is 0 Å². The van der Waals surface area contributed by atoms with Gasteiger partial charge in [-0.1, -0.05) is 28.9 Å². The molecule has 2 aromatic rings. The second kappa shape index (κ2) is 8.67. The lowest BCUT2D eigenvalue weighted by molar-refractivity contribution is 0.0589. The van der Waals surface area contributed by atoms with Crippen molar-refractivity contribution in [3.8, 4) is 11.3 Å². The van der Waals surface area contributed by atoms with E-state index in [9.17, 15) is 4.79 Å². The molecule has 0 saturated heterocycles. The van der Waals surface area contributed by atoms with Crippen molar-refractivity contribution >= 4 is 17.5 Å². The third-order valence-corrected chi connectivity index (χ3v) is 3.49. The van der Waals surface area contributed by atoms with Crippen molar-refractivity contribution in [2.45, 2.75) is 0 Å². The Morgan fingerprint density at radius 1 is 1.22 bits per heavy atom. The lowest BCUT2D eigenvalue weighted by Gasteiger charge is -2.20. The molecule has 2 rings (SSSR count). The highest BCUT2D eigenvalue weighted by molar-refractivity contribution is 6.30. The van der Waals surface area contributed by atoms with Gasteiger partial charge in [-0.05, 0) is 12.1 Å². The van der Waals surface area contributed by atoms with Crippen molar-refractivity contribution in [3.63, 3.8) is 0 Å². The van der Waals surface area contributed by atoms with E-state index in [1.165, 1.54) is 0 Å². The summed E-state index contributed by atoms with van der Waals surface area (Å²) in [6.07, 6.45) is 0. The SMILES string of the molecule is COCCN(CCOC)C(=O)c1cc(-c2cccc(Cl)c2)no1. The number of methoxy groups -OCH3 is 2. The maximum absolute atomic E-state index is 12.5. The molecule has 7 heteroatoms. The first-order valence-corrected chi connectivity index (χ1v) is 7.53. The maximum atomic E-state index is 12.5. The predicted octanol–water partition coefficient (Wildman–Crippen LogP) is 2.73. The first-order chi connectivity index (χ1) is 11.2. The third-order valence-electron chi connectivity index (χ3n) is 3.26. The summed E-state index contributed by atoms with van der Waals surface area (Å²) in [5.74, 6) is -0.0768. The van der Waals surface area contributed by atoms with Crippen LogP contribution in [-0.4, -0.2) is 56.5 Å². The van der Waals surface area contributed by atoms with Crippen molar-refractivity contribution in [2.75, 3.05) is 40.5 Å². The van der Waals surface area contributed by atoms with Crippen molar-refractivity contribution in [1.82, 2.24) is 10.1 Å². The molecule has 1 aromatic heterocycles. The minimum atomic E-state index is -0.250. The van der Waals surface area contributed by atoms with Crippen molar-refractivity contribution in [3.05, 3.63) is 41.1 Å². The van der Waals surface area contributed by atoms with Gasteiger partial charge >= 0.3 is 0 Å². The summed E-state index contributed by atoms with van der Waals surface area (Å²) in [6.45, 7) is 1.77.